The highest BCUT2D eigenvalue weighted by Crippen LogP contribution is 2.29. The predicted octanol–water partition coefficient (Wildman–Crippen LogP) is 6.15. The molecule has 0 amide bonds. The number of alkyl halides is 2. The van der Waals surface area contributed by atoms with Crippen molar-refractivity contribution in [3.63, 3.8) is 0 Å². The maximum Gasteiger partial charge on any atom is 0.330 e. The number of rotatable bonds is 11. The first-order valence-electron chi connectivity index (χ1n) is 10.3. The van der Waals surface area contributed by atoms with Gasteiger partial charge in [-0.2, -0.15) is 0 Å². The molecule has 31 heavy (non-hydrogen) atoms. The number of benzene rings is 2. The van der Waals surface area contributed by atoms with Gasteiger partial charge in [0, 0.05) is 42.6 Å². The van der Waals surface area contributed by atoms with Crippen LogP contribution in [0, 0.1) is 0 Å². The molecule has 0 fully saturated rings. The summed E-state index contributed by atoms with van der Waals surface area (Å²) in [5.41, 5.74) is 3.33. The largest absolute Gasteiger partial charge is 0.494 e. The number of para-hydroxylation sites is 1. The molecule has 1 heterocycles. The van der Waals surface area contributed by atoms with Crippen molar-refractivity contribution in [3.8, 4) is 17.0 Å². The molecule has 0 saturated carbocycles. The van der Waals surface area contributed by atoms with Gasteiger partial charge in [0.2, 0.25) is 5.92 Å². The van der Waals surface area contributed by atoms with Gasteiger partial charge in [-0.25, -0.2) is 13.6 Å². The molecule has 1 aromatic heterocycles. The highest BCUT2D eigenvalue weighted by molar-refractivity contribution is 5.87. The third-order valence-corrected chi connectivity index (χ3v) is 5.16. The van der Waals surface area contributed by atoms with Crippen molar-refractivity contribution in [2.24, 2.45) is 7.05 Å². The number of esters is 1. The smallest absolute Gasteiger partial charge is 0.330 e. The normalized spacial score (nSPS) is 11.5. The van der Waals surface area contributed by atoms with Crippen molar-refractivity contribution in [1.29, 1.82) is 0 Å². The van der Waals surface area contributed by atoms with E-state index in [0.29, 0.717) is 5.75 Å². The molecule has 164 valence electrons. The summed E-state index contributed by atoms with van der Waals surface area (Å²) in [6.45, 7) is 3.45. The molecule has 0 aliphatic carbocycles. The fourth-order valence-electron chi connectivity index (χ4n) is 3.50. The van der Waals surface area contributed by atoms with Crippen molar-refractivity contribution in [2.75, 3.05) is 13.2 Å². The Kier molecular flexibility index (Phi) is 7.45. The molecule has 0 bridgehead atoms. The second-order valence-electron chi connectivity index (χ2n) is 7.45. The number of aryl methyl sites for hydroxylation is 1. The van der Waals surface area contributed by atoms with Crippen molar-refractivity contribution in [2.45, 2.75) is 31.6 Å². The van der Waals surface area contributed by atoms with Crippen LogP contribution in [0.15, 0.2) is 67.3 Å². The van der Waals surface area contributed by atoms with E-state index < -0.39 is 11.9 Å². The molecular formula is C25H27F2NO3. The summed E-state index contributed by atoms with van der Waals surface area (Å²) < 4.78 is 40.3. The lowest BCUT2D eigenvalue weighted by molar-refractivity contribution is -0.138. The van der Waals surface area contributed by atoms with Crippen LogP contribution in [0.5, 0.6) is 5.75 Å². The van der Waals surface area contributed by atoms with Crippen molar-refractivity contribution in [1.82, 2.24) is 4.57 Å². The van der Waals surface area contributed by atoms with E-state index in [9.17, 15) is 13.6 Å². The van der Waals surface area contributed by atoms with Crippen molar-refractivity contribution < 1.29 is 23.0 Å². The van der Waals surface area contributed by atoms with E-state index >= 15 is 0 Å². The monoisotopic (exact) mass is 427 g/mol. The standard InChI is InChI=1S/C25H27F2NO3/c1-3-24(29)31-17-7-15-25(26,27)14-6-16-30-21-12-10-19(11-13-21)23-18-20-8-4-5-9-22(20)28(23)2/h3-5,8-13,18H,1,6-7,14-17H2,2H3. The summed E-state index contributed by atoms with van der Waals surface area (Å²) in [6, 6.07) is 18.0. The number of ether oxygens (including phenoxy) is 2. The van der Waals surface area contributed by atoms with Crippen LogP contribution < -0.4 is 4.74 Å². The quantitative estimate of drug-likeness (QED) is 0.209. The van der Waals surface area contributed by atoms with Crippen molar-refractivity contribution >= 4 is 16.9 Å². The molecule has 6 heteroatoms. The maximum atomic E-state index is 13.9. The number of nitrogens with zero attached hydrogens (tertiary/aromatic N) is 1. The van der Waals surface area contributed by atoms with Crippen LogP contribution in [-0.2, 0) is 16.6 Å². The SMILES string of the molecule is C=CC(=O)OCCCC(F)(F)CCCOc1ccc(-c2cc3ccccc3n2C)cc1. The molecule has 0 unspecified atom stereocenters. The third kappa shape index (κ3) is 6.17. The number of carbonyl (C=O) groups excluding carboxylic acids is 1. The van der Waals surface area contributed by atoms with Gasteiger partial charge in [-0.1, -0.05) is 24.8 Å². The third-order valence-electron chi connectivity index (χ3n) is 5.16. The summed E-state index contributed by atoms with van der Waals surface area (Å²) >= 11 is 0. The zero-order valence-electron chi connectivity index (χ0n) is 17.7. The van der Waals surface area contributed by atoms with E-state index in [1.54, 1.807) is 0 Å². The van der Waals surface area contributed by atoms with Crippen molar-refractivity contribution in [3.05, 3.63) is 67.3 Å². The van der Waals surface area contributed by atoms with E-state index in [1.165, 1.54) is 5.39 Å². The van der Waals surface area contributed by atoms with Gasteiger partial charge < -0.3 is 14.0 Å². The van der Waals surface area contributed by atoms with Crippen LogP contribution in [0.1, 0.15) is 25.7 Å². The summed E-state index contributed by atoms with van der Waals surface area (Å²) in [6.07, 6.45) is 0.783. The number of aromatic nitrogens is 1. The molecule has 0 saturated heterocycles. The molecule has 4 nitrogen and oxygen atoms in total. The topological polar surface area (TPSA) is 40.5 Å². The first-order chi connectivity index (χ1) is 14.9. The Bertz CT molecular complexity index is 1020. The second kappa shape index (κ2) is 10.2. The summed E-state index contributed by atoms with van der Waals surface area (Å²) in [5.74, 6) is -2.74. The van der Waals surface area contributed by atoms with Gasteiger partial charge in [0.25, 0.3) is 0 Å². The zero-order valence-corrected chi connectivity index (χ0v) is 17.7. The lowest BCUT2D eigenvalue weighted by atomic mass is 10.1. The van der Waals surface area contributed by atoms with E-state index in [1.807, 2.05) is 43.4 Å². The molecule has 3 aromatic rings. The van der Waals surface area contributed by atoms with E-state index in [4.69, 9.17) is 9.47 Å². The molecule has 0 atom stereocenters. The molecule has 3 rings (SSSR count). The number of hydrogen-bond donors (Lipinski definition) is 0. The Morgan fingerprint density at radius 1 is 1.06 bits per heavy atom. The zero-order chi connectivity index (χ0) is 22.3. The fourth-order valence-corrected chi connectivity index (χ4v) is 3.50. The first-order valence-corrected chi connectivity index (χ1v) is 10.3. The van der Waals surface area contributed by atoms with Gasteiger partial charge in [-0.3, -0.25) is 0 Å². The number of halogens is 2. The molecule has 0 aliphatic heterocycles. The Morgan fingerprint density at radius 2 is 1.74 bits per heavy atom. The highest BCUT2D eigenvalue weighted by atomic mass is 19.3. The van der Waals surface area contributed by atoms with Crippen LogP contribution in [0.25, 0.3) is 22.2 Å². The number of fused-ring (bicyclic) bond motifs is 1. The Labute approximate surface area is 181 Å². The minimum atomic E-state index is -2.80. The van der Waals surface area contributed by atoms with Gasteiger partial charge in [0.15, 0.2) is 0 Å². The van der Waals surface area contributed by atoms with Gasteiger partial charge in [0.05, 0.1) is 13.2 Å². The highest BCUT2D eigenvalue weighted by Gasteiger charge is 2.27. The van der Waals surface area contributed by atoms with Crippen LogP contribution in [-0.4, -0.2) is 29.7 Å². The van der Waals surface area contributed by atoms with Gasteiger partial charge in [-0.05, 0) is 54.8 Å². The minimum Gasteiger partial charge on any atom is -0.494 e. The van der Waals surface area contributed by atoms with Crippen LogP contribution in [0.2, 0.25) is 0 Å². The van der Waals surface area contributed by atoms with E-state index in [-0.39, 0.29) is 38.9 Å². The Balaban J connectivity index is 1.44. The van der Waals surface area contributed by atoms with Crippen LogP contribution in [0.3, 0.4) is 0 Å². The lowest BCUT2D eigenvalue weighted by Crippen LogP contribution is -2.18. The lowest BCUT2D eigenvalue weighted by Gasteiger charge is -2.16. The summed E-state index contributed by atoms with van der Waals surface area (Å²) in [5, 5.41) is 1.18. The number of carbonyl (C=O) groups is 1. The molecule has 0 N–H and O–H groups in total. The van der Waals surface area contributed by atoms with E-state index in [0.717, 1.165) is 22.9 Å². The van der Waals surface area contributed by atoms with Crippen LogP contribution in [0.4, 0.5) is 8.78 Å². The maximum absolute atomic E-state index is 13.9. The second-order valence-corrected chi connectivity index (χ2v) is 7.45. The Morgan fingerprint density at radius 3 is 2.42 bits per heavy atom. The first kappa shape index (κ1) is 22.5. The predicted molar refractivity (Wildman–Crippen MR) is 118 cm³/mol. The summed E-state index contributed by atoms with van der Waals surface area (Å²) in [7, 11) is 2.03. The van der Waals surface area contributed by atoms with Gasteiger partial charge in [-0.15, -0.1) is 0 Å². The molecule has 2 aromatic carbocycles. The van der Waals surface area contributed by atoms with Crippen LogP contribution >= 0.6 is 0 Å². The fraction of sp³-hybridized carbons (Fsp3) is 0.320. The average Bonchev–Trinajstić information content (AvgIpc) is 3.11. The average molecular weight is 427 g/mol. The van der Waals surface area contributed by atoms with E-state index in [2.05, 4.69) is 29.3 Å². The molecule has 0 spiro atoms. The molecule has 0 aliphatic rings. The molecular weight excluding hydrogens is 400 g/mol. The minimum absolute atomic E-state index is 0.0278. The number of hydrogen-bond acceptors (Lipinski definition) is 3. The van der Waals surface area contributed by atoms with Gasteiger partial charge >= 0.3 is 5.97 Å². The Hall–Kier alpha value is -3.15. The summed E-state index contributed by atoms with van der Waals surface area (Å²) in [4.78, 5) is 10.9. The van der Waals surface area contributed by atoms with Gasteiger partial charge in [0.1, 0.15) is 5.75 Å². The molecule has 0 radical (unpaired) electrons.